The Bertz CT molecular complexity index is 656. The molecule has 0 saturated carbocycles. The SMILES string of the molecule is CCc1nc(CN2C[C@H]3CC[C@@H]2CN(Cc2ccccn2)C3)cs1. The van der Waals surface area contributed by atoms with Crippen molar-refractivity contribution >= 4 is 11.3 Å². The Balaban J connectivity index is 1.42. The van der Waals surface area contributed by atoms with Gasteiger partial charge in [0.25, 0.3) is 0 Å². The number of piperidine rings is 1. The molecule has 2 bridgehead atoms. The molecule has 2 aromatic heterocycles. The highest BCUT2D eigenvalue weighted by Gasteiger charge is 2.34. The molecule has 0 unspecified atom stereocenters. The lowest BCUT2D eigenvalue weighted by atomic mass is 9.95. The van der Waals surface area contributed by atoms with Crippen LogP contribution in [0.5, 0.6) is 0 Å². The Morgan fingerprint density at radius 1 is 1.12 bits per heavy atom. The highest BCUT2D eigenvalue weighted by Crippen LogP contribution is 2.30. The van der Waals surface area contributed by atoms with Crippen LogP contribution in [-0.2, 0) is 19.5 Å². The van der Waals surface area contributed by atoms with Crippen LogP contribution >= 0.6 is 11.3 Å². The van der Waals surface area contributed by atoms with Crippen molar-refractivity contribution in [3.05, 3.63) is 46.2 Å². The van der Waals surface area contributed by atoms with Gasteiger partial charge in [-0.25, -0.2) is 4.98 Å². The average Bonchev–Trinajstić information content (AvgIpc) is 2.88. The van der Waals surface area contributed by atoms with Crippen molar-refractivity contribution in [2.75, 3.05) is 19.6 Å². The van der Waals surface area contributed by atoms with Crippen LogP contribution < -0.4 is 0 Å². The third-order valence-electron chi connectivity index (χ3n) is 5.28. The number of aromatic nitrogens is 2. The summed E-state index contributed by atoms with van der Waals surface area (Å²) < 4.78 is 0. The molecule has 0 N–H and O–H groups in total. The summed E-state index contributed by atoms with van der Waals surface area (Å²) in [5.41, 5.74) is 2.46. The molecule has 0 amide bonds. The van der Waals surface area contributed by atoms with Gasteiger partial charge in [0.15, 0.2) is 0 Å². The third-order valence-corrected chi connectivity index (χ3v) is 6.32. The first-order valence-corrected chi connectivity index (χ1v) is 9.97. The largest absolute Gasteiger partial charge is 0.296 e. The first-order chi connectivity index (χ1) is 11.8. The molecule has 4 nitrogen and oxygen atoms in total. The minimum atomic E-state index is 0.666. The molecule has 2 aromatic rings. The number of nitrogens with zero attached hydrogens (tertiary/aromatic N) is 4. The molecule has 0 spiro atoms. The van der Waals surface area contributed by atoms with E-state index in [1.807, 2.05) is 23.6 Å². The number of thiazole rings is 1. The van der Waals surface area contributed by atoms with Crippen molar-refractivity contribution in [1.29, 1.82) is 0 Å². The van der Waals surface area contributed by atoms with Crippen LogP contribution in [0.15, 0.2) is 29.8 Å². The Hall–Kier alpha value is -1.30. The minimum Gasteiger partial charge on any atom is -0.296 e. The van der Waals surface area contributed by atoms with Gasteiger partial charge in [0, 0.05) is 50.3 Å². The predicted molar refractivity (Wildman–Crippen MR) is 97.9 cm³/mol. The van der Waals surface area contributed by atoms with Crippen molar-refractivity contribution in [2.45, 2.75) is 45.3 Å². The molecule has 2 atom stereocenters. The zero-order valence-electron chi connectivity index (χ0n) is 14.4. The van der Waals surface area contributed by atoms with Crippen molar-refractivity contribution in [3.8, 4) is 0 Å². The smallest absolute Gasteiger partial charge is 0.0926 e. The Morgan fingerprint density at radius 2 is 2.08 bits per heavy atom. The van der Waals surface area contributed by atoms with Gasteiger partial charge < -0.3 is 0 Å². The van der Waals surface area contributed by atoms with E-state index in [0.29, 0.717) is 6.04 Å². The molecule has 3 saturated heterocycles. The fraction of sp³-hybridized carbons (Fsp3) is 0.579. The quantitative estimate of drug-likeness (QED) is 0.835. The van der Waals surface area contributed by atoms with Crippen LogP contribution in [0.3, 0.4) is 0 Å². The van der Waals surface area contributed by atoms with Gasteiger partial charge in [0.2, 0.25) is 0 Å². The summed E-state index contributed by atoms with van der Waals surface area (Å²) in [4.78, 5) is 14.6. The van der Waals surface area contributed by atoms with E-state index in [1.165, 1.54) is 42.3 Å². The fourth-order valence-corrected chi connectivity index (χ4v) is 4.85. The fourth-order valence-electron chi connectivity index (χ4n) is 4.11. The molecule has 3 aliphatic heterocycles. The molecule has 128 valence electrons. The number of pyridine rings is 1. The first kappa shape index (κ1) is 16.2. The Labute approximate surface area is 148 Å². The normalized spacial score (nSPS) is 25.0. The molecule has 0 aromatic carbocycles. The van der Waals surface area contributed by atoms with Gasteiger partial charge in [-0.15, -0.1) is 11.3 Å². The van der Waals surface area contributed by atoms with Gasteiger partial charge in [-0.3, -0.25) is 14.8 Å². The molecule has 5 heterocycles. The molecule has 24 heavy (non-hydrogen) atoms. The number of aryl methyl sites for hydroxylation is 1. The molecule has 5 rings (SSSR count). The zero-order valence-corrected chi connectivity index (χ0v) is 15.2. The first-order valence-electron chi connectivity index (χ1n) is 9.09. The number of fused-ring (bicyclic) bond motifs is 4. The summed E-state index contributed by atoms with van der Waals surface area (Å²) in [7, 11) is 0. The highest BCUT2D eigenvalue weighted by molar-refractivity contribution is 7.09. The third kappa shape index (κ3) is 3.68. The highest BCUT2D eigenvalue weighted by atomic mass is 32.1. The molecular weight excluding hydrogens is 316 g/mol. The van der Waals surface area contributed by atoms with Crippen LogP contribution in [0.2, 0.25) is 0 Å². The van der Waals surface area contributed by atoms with Crippen LogP contribution in [0.25, 0.3) is 0 Å². The Kier molecular flexibility index (Phi) is 4.92. The van der Waals surface area contributed by atoms with Gasteiger partial charge in [-0.05, 0) is 37.3 Å². The van der Waals surface area contributed by atoms with Crippen LogP contribution in [0.1, 0.15) is 36.2 Å². The van der Waals surface area contributed by atoms with Gasteiger partial charge in [-0.2, -0.15) is 0 Å². The second-order valence-corrected chi connectivity index (χ2v) is 8.07. The maximum atomic E-state index is 4.78. The molecule has 3 aliphatic rings. The zero-order chi connectivity index (χ0) is 16.4. The van der Waals surface area contributed by atoms with Crippen molar-refractivity contribution in [3.63, 3.8) is 0 Å². The van der Waals surface area contributed by atoms with E-state index in [-0.39, 0.29) is 0 Å². The van der Waals surface area contributed by atoms with Gasteiger partial charge in [0.1, 0.15) is 0 Å². The maximum Gasteiger partial charge on any atom is 0.0926 e. The molecule has 3 fully saturated rings. The van der Waals surface area contributed by atoms with Crippen LogP contribution in [0.4, 0.5) is 0 Å². The number of rotatable bonds is 5. The van der Waals surface area contributed by atoms with E-state index in [1.54, 1.807) is 0 Å². The van der Waals surface area contributed by atoms with Gasteiger partial charge >= 0.3 is 0 Å². The lowest BCUT2D eigenvalue weighted by Gasteiger charge is -2.35. The van der Waals surface area contributed by atoms with Crippen LogP contribution in [0, 0.1) is 5.92 Å². The summed E-state index contributed by atoms with van der Waals surface area (Å²) in [6.07, 6.45) is 5.65. The summed E-state index contributed by atoms with van der Waals surface area (Å²) in [6.45, 7) is 7.79. The van der Waals surface area contributed by atoms with Crippen LogP contribution in [-0.4, -0.2) is 45.4 Å². The lowest BCUT2D eigenvalue weighted by Crippen LogP contribution is -2.43. The van der Waals surface area contributed by atoms with Gasteiger partial charge in [0.05, 0.1) is 16.4 Å². The van der Waals surface area contributed by atoms with E-state index < -0.39 is 0 Å². The minimum absolute atomic E-state index is 0.666. The average molecular weight is 343 g/mol. The maximum absolute atomic E-state index is 4.78. The second kappa shape index (κ2) is 7.30. The Morgan fingerprint density at radius 3 is 2.88 bits per heavy atom. The lowest BCUT2D eigenvalue weighted by molar-refractivity contribution is 0.121. The summed E-state index contributed by atoms with van der Waals surface area (Å²) in [6, 6.07) is 6.90. The second-order valence-electron chi connectivity index (χ2n) is 7.13. The van der Waals surface area contributed by atoms with Crippen molar-refractivity contribution in [2.24, 2.45) is 5.92 Å². The summed E-state index contributed by atoms with van der Waals surface area (Å²) in [5, 5.41) is 3.52. The van der Waals surface area contributed by atoms with E-state index in [4.69, 9.17) is 4.98 Å². The van der Waals surface area contributed by atoms with Gasteiger partial charge in [-0.1, -0.05) is 13.0 Å². The number of hydrogen-bond acceptors (Lipinski definition) is 5. The molecule has 0 aliphatic carbocycles. The molecule has 0 radical (unpaired) electrons. The summed E-state index contributed by atoms with van der Waals surface area (Å²) >= 11 is 1.81. The predicted octanol–water partition coefficient (Wildman–Crippen LogP) is 3.20. The summed E-state index contributed by atoms with van der Waals surface area (Å²) in [5.74, 6) is 0.789. The monoisotopic (exact) mass is 342 g/mol. The topological polar surface area (TPSA) is 32.3 Å². The van der Waals surface area contributed by atoms with Crippen molar-refractivity contribution in [1.82, 2.24) is 19.8 Å². The standard InChI is InChI=1S/C19H26N4S/c1-2-19-21-17(14-24-19)12-23-10-15-6-7-18(23)13-22(9-15)11-16-5-3-4-8-20-16/h3-5,8,14-15,18H,2,6-7,9-13H2,1H3/t15-,18+/m0/s1. The molecular formula is C19H26N4S. The van der Waals surface area contributed by atoms with Crippen molar-refractivity contribution < 1.29 is 0 Å². The molecule has 5 heteroatoms. The van der Waals surface area contributed by atoms with E-state index in [0.717, 1.165) is 32.0 Å². The van der Waals surface area contributed by atoms with E-state index >= 15 is 0 Å². The number of hydrogen-bond donors (Lipinski definition) is 0. The van der Waals surface area contributed by atoms with E-state index in [2.05, 4.69) is 39.2 Å². The van der Waals surface area contributed by atoms with E-state index in [9.17, 15) is 0 Å².